The fourth-order valence-corrected chi connectivity index (χ4v) is 3.05. The Morgan fingerprint density at radius 1 is 0.838 bits per heavy atom. The van der Waals surface area contributed by atoms with Crippen molar-refractivity contribution in [1.29, 1.82) is 0 Å². The normalized spacial score (nSPS) is 10.4. The van der Waals surface area contributed by atoms with Gasteiger partial charge in [0, 0.05) is 12.2 Å². The van der Waals surface area contributed by atoms with E-state index < -0.39 is 17.9 Å². The Labute approximate surface area is 217 Å². The summed E-state index contributed by atoms with van der Waals surface area (Å²) in [4.78, 5) is 35.1. The van der Waals surface area contributed by atoms with Crippen LogP contribution in [0.2, 0.25) is 0 Å². The Morgan fingerprint density at radius 3 is 2.24 bits per heavy atom. The second kappa shape index (κ2) is 16.4. The summed E-state index contributed by atoms with van der Waals surface area (Å²) >= 11 is 0. The molecule has 0 aromatic heterocycles. The molecule has 196 valence electrons. The van der Waals surface area contributed by atoms with E-state index in [1.165, 1.54) is 19.3 Å². The highest BCUT2D eigenvalue weighted by atomic mass is 16.6. The van der Waals surface area contributed by atoms with Gasteiger partial charge in [-0.05, 0) is 73.7 Å². The van der Waals surface area contributed by atoms with Crippen LogP contribution >= 0.6 is 0 Å². The summed E-state index contributed by atoms with van der Waals surface area (Å²) in [5.41, 5.74) is 1.03. The van der Waals surface area contributed by atoms with Crippen molar-refractivity contribution >= 4 is 24.0 Å². The summed E-state index contributed by atoms with van der Waals surface area (Å²) in [6.45, 7) is 7.90. The van der Waals surface area contributed by atoms with E-state index in [1.807, 2.05) is 0 Å². The summed E-state index contributed by atoms with van der Waals surface area (Å²) < 4.78 is 26.4. The number of unbranched alkanes of at least 4 members (excludes halogenated alkanes) is 3. The standard InChI is InChI=1S/C29H32O8/c1-4-18-35-28(31)17-11-22-10-16-25(26(21-22)33-3)37-29(32)23-12-14-24(15-13-23)34-19-8-6-7-9-20-36-27(30)5-2/h4-5,10-17,21H,1-2,6-9,18-20H2,3H3. The van der Waals surface area contributed by atoms with E-state index in [0.29, 0.717) is 35.8 Å². The first kappa shape index (κ1) is 28.9. The highest BCUT2D eigenvalue weighted by Gasteiger charge is 2.13. The van der Waals surface area contributed by atoms with Gasteiger partial charge < -0.3 is 23.7 Å². The zero-order valence-corrected chi connectivity index (χ0v) is 21.0. The van der Waals surface area contributed by atoms with Crippen LogP contribution in [0.5, 0.6) is 17.2 Å². The molecule has 0 heterocycles. The monoisotopic (exact) mass is 508 g/mol. The molecule has 0 spiro atoms. The third-order valence-electron chi connectivity index (χ3n) is 4.95. The Kier molecular flexibility index (Phi) is 12.8. The van der Waals surface area contributed by atoms with Crippen molar-refractivity contribution < 1.29 is 38.1 Å². The van der Waals surface area contributed by atoms with Gasteiger partial charge in [-0.3, -0.25) is 0 Å². The fraction of sp³-hybridized carbons (Fsp3) is 0.276. The first-order valence-corrected chi connectivity index (χ1v) is 11.8. The maximum absolute atomic E-state index is 12.6. The molecule has 0 unspecified atom stereocenters. The Hall–Kier alpha value is -4.33. The first-order chi connectivity index (χ1) is 18.0. The number of methoxy groups -OCH3 is 1. The van der Waals surface area contributed by atoms with Crippen molar-refractivity contribution in [3.8, 4) is 17.2 Å². The Morgan fingerprint density at radius 2 is 1.57 bits per heavy atom. The summed E-state index contributed by atoms with van der Waals surface area (Å²) in [5.74, 6) is -0.200. The minimum Gasteiger partial charge on any atom is -0.494 e. The third kappa shape index (κ3) is 10.9. The molecule has 0 N–H and O–H groups in total. The van der Waals surface area contributed by atoms with E-state index in [1.54, 1.807) is 48.5 Å². The molecule has 0 aliphatic heterocycles. The summed E-state index contributed by atoms with van der Waals surface area (Å²) in [5, 5.41) is 0. The van der Waals surface area contributed by atoms with E-state index in [-0.39, 0.29) is 12.4 Å². The Bertz CT molecular complexity index is 1090. The van der Waals surface area contributed by atoms with Gasteiger partial charge in [0.05, 0.1) is 25.9 Å². The number of rotatable bonds is 16. The van der Waals surface area contributed by atoms with Gasteiger partial charge in [0.25, 0.3) is 0 Å². The van der Waals surface area contributed by atoms with Crippen LogP contribution in [0, 0.1) is 0 Å². The first-order valence-electron chi connectivity index (χ1n) is 11.8. The second-order valence-electron chi connectivity index (χ2n) is 7.71. The van der Waals surface area contributed by atoms with Crippen molar-refractivity contribution in [3.05, 3.63) is 85.0 Å². The molecule has 8 heteroatoms. The molecule has 0 aliphatic carbocycles. The van der Waals surface area contributed by atoms with Crippen LogP contribution in [-0.2, 0) is 19.1 Å². The molecule has 8 nitrogen and oxygen atoms in total. The molecule has 0 saturated heterocycles. The lowest BCUT2D eigenvalue weighted by molar-refractivity contribution is -0.138. The van der Waals surface area contributed by atoms with Gasteiger partial charge in [-0.1, -0.05) is 25.3 Å². The van der Waals surface area contributed by atoms with Crippen LogP contribution in [0.1, 0.15) is 41.6 Å². The lowest BCUT2D eigenvalue weighted by atomic mass is 10.2. The third-order valence-corrected chi connectivity index (χ3v) is 4.95. The number of ether oxygens (including phenoxy) is 5. The van der Waals surface area contributed by atoms with Gasteiger partial charge in [0.15, 0.2) is 11.5 Å². The molecule has 0 fully saturated rings. The number of hydrogen-bond acceptors (Lipinski definition) is 8. The highest BCUT2D eigenvalue weighted by molar-refractivity contribution is 5.91. The average Bonchev–Trinajstić information content (AvgIpc) is 2.92. The van der Waals surface area contributed by atoms with Gasteiger partial charge in [-0.25, -0.2) is 14.4 Å². The van der Waals surface area contributed by atoms with E-state index in [4.69, 9.17) is 23.7 Å². The van der Waals surface area contributed by atoms with Crippen molar-refractivity contribution in [1.82, 2.24) is 0 Å². The van der Waals surface area contributed by atoms with Crippen LogP contribution in [0.3, 0.4) is 0 Å². The van der Waals surface area contributed by atoms with E-state index >= 15 is 0 Å². The van der Waals surface area contributed by atoms with E-state index in [0.717, 1.165) is 31.8 Å². The zero-order chi connectivity index (χ0) is 26.9. The SMILES string of the molecule is C=CCOC(=O)C=Cc1ccc(OC(=O)c2ccc(OCCCCCCOC(=O)C=C)cc2)c(OC)c1. The largest absolute Gasteiger partial charge is 0.494 e. The topological polar surface area (TPSA) is 97.4 Å². The van der Waals surface area contributed by atoms with Crippen molar-refractivity contribution in [2.45, 2.75) is 25.7 Å². The molecule has 2 aromatic carbocycles. The van der Waals surface area contributed by atoms with Crippen molar-refractivity contribution in [2.75, 3.05) is 26.9 Å². The number of benzene rings is 2. The average molecular weight is 509 g/mol. The summed E-state index contributed by atoms with van der Waals surface area (Å²) in [7, 11) is 1.46. The zero-order valence-electron chi connectivity index (χ0n) is 21.0. The van der Waals surface area contributed by atoms with Gasteiger partial charge in [0.1, 0.15) is 12.4 Å². The molecule has 0 saturated carbocycles. The van der Waals surface area contributed by atoms with Gasteiger partial charge >= 0.3 is 17.9 Å². The van der Waals surface area contributed by atoms with E-state index in [2.05, 4.69) is 13.2 Å². The predicted molar refractivity (Wildman–Crippen MR) is 140 cm³/mol. The molecule has 2 aromatic rings. The lowest BCUT2D eigenvalue weighted by Crippen LogP contribution is -2.09. The maximum atomic E-state index is 12.6. The van der Waals surface area contributed by atoms with Gasteiger partial charge in [-0.15, -0.1) is 0 Å². The maximum Gasteiger partial charge on any atom is 0.343 e. The minimum atomic E-state index is -0.543. The quantitative estimate of drug-likeness (QED) is 0.0987. The van der Waals surface area contributed by atoms with Crippen LogP contribution in [-0.4, -0.2) is 44.8 Å². The molecule has 0 atom stereocenters. The molecular weight excluding hydrogens is 476 g/mol. The Balaban J connectivity index is 1.80. The van der Waals surface area contributed by atoms with Crippen molar-refractivity contribution in [2.24, 2.45) is 0 Å². The van der Waals surface area contributed by atoms with Crippen LogP contribution in [0.15, 0.2) is 73.9 Å². The minimum absolute atomic E-state index is 0.131. The molecule has 2 rings (SSSR count). The fourth-order valence-electron chi connectivity index (χ4n) is 3.05. The number of carbonyl (C=O) groups is 3. The molecule has 0 aliphatic rings. The molecule has 0 amide bonds. The lowest BCUT2D eigenvalue weighted by Gasteiger charge is -2.11. The van der Waals surface area contributed by atoms with Crippen LogP contribution < -0.4 is 14.2 Å². The highest BCUT2D eigenvalue weighted by Crippen LogP contribution is 2.29. The summed E-state index contributed by atoms with van der Waals surface area (Å²) in [6.07, 6.45) is 9.04. The van der Waals surface area contributed by atoms with Gasteiger partial charge in [0.2, 0.25) is 0 Å². The van der Waals surface area contributed by atoms with Crippen LogP contribution in [0.4, 0.5) is 0 Å². The van der Waals surface area contributed by atoms with Crippen molar-refractivity contribution in [3.63, 3.8) is 0 Å². The van der Waals surface area contributed by atoms with E-state index in [9.17, 15) is 14.4 Å². The predicted octanol–water partition coefficient (Wildman–Crippen LogP) is 5.33. The molecule has 37 heavy (non-hydrogen) atoms. The molecule has 0 bridgehead atoms. The molecule has 0 radical (unpaired) electrons. The van der Waals surface area contributed by atoms with Crippen LogP contribution in [0.25, 0.3) is 6.08 Å². The molecular formula is C29H32O8. The number of hydrogen-bond donors (Lipinski definition) is 0. The summed E-state index contributed by atoms with van der Waals surface area (Å²) in [6, 6.07) is 11.6. The second-order valence-corrected chi connectivity index (χ2v) is 7.71. The van der Waals surface area contributed by atoms with Gasteiger partial charge in [-0.2, -0.15) is 0 Å². The number of esters is 3. The smallest absolute Gasteiger partial charge is 0.343 e. The number of carbonyl (C=O) groups excluding carboxylic acids is 3.